The van der Waals surface area contributed by atoms with E-state index in [0.29, 0.717) is 18.3 Å². The molecule has 1 N–H and O–H groups in total. The van der Waals surface area contributed by atoms with Crippen LogP contribution in [-0.2, 0) is 23.8 Å². The van der Waals surface area contributed by atoms with Gasteiger partial charge in [0.2, 0.25) is 0 Å². The zero-order valence-corrected chi connectivity index (χ0v) is 24.7. The smallest absolute Gasteiger partial charge is 0.426 e. The number of ether oxygens (including phenoxy) is 3. The molecule has 0 aromatic heterocycles. The molecular weight excluding hydrogens is 615 g/mol. The van der Waals surface area contributed by atoms with E-state index in [-0.39, 0.29) is 43.6 Å². The Kier molecular flexibility index (Phi) is 10.8. The summed E-state index contributed by atoms with van der Waals surface area (Å²) in [6.07, 6.45) is -12.5. The lowest BCUT2D eigenvalue weighted by Gasteiger charge is -2.46. The number of carbonyl (C=O) groups excluding carboxylic acids is 2. The summed E-state index contributed by atoms with van der Waals surface area (Å²) in [5.74, 6) is -1.01. The van der Waals surface area contributed by atoms with Crippen LogP contribution in [0.5, 0.6) is 0 Å². The van der Waals surface area contributed by atoms with Gasteiger partial charge in [0.05, 0.1) is 13.2 Å². The maximum atomic E-state index is 12.8. The van der Waals surface area contributed by atoms with Crippen LogP contribution in [0.25, 0.3) is 0 Å². The van der Waals surface area contributed by atoms with Crippen molar-refractivity contribution in [2.45, 2.75) is 114 Å². The first-order chi connectivity index (χ1) is 20.1. The molecule has 4 saturated carbocycles. The zero-order valence-electron chi connectivity index (χ0n) is 24.7. The minimum Gasteiger partial charge on any atom is -0.466 e. The van der Waals surface area contributed by atoms with E-state index in [1.54, 1.807) is 6.92 Å². The van der Waals surface area contributed by atoms with Crippen molar-refractivity contribution in [3.05, 3.63) is 12.7 Å². The van der Waals surface area contributed by atoms with Crippen LogP contribution in [0.1, 0.15) is 71.6 Å². The fraction of sp³-hybridized carbons (Fsp3) is 0.862. The quantitative estimate of drug-likeness (QED) is 0.194. The molecule has 1 saturated heterocycles. The van der Waals surface area contributed by atoms with Gasteiger partial charge in [-0.2, -0.15) is 39.5 Å². The summed E-state index contributed by atoms with van der Waals surface area (Å²) in [6, 6.07) is 0. The molecule has 6 nitrogen and oxygen atoms in total. The van der Waals surface area contributed by atoms with E-state index in [1.807, 2.05) is 0 Å². The summed E-state index contributed by atoms with van der Waals surface area (Å²) in [5.41, 5.74) is -6.57. The first kappa shape index (κ1) is 36.4. The highest BCUT2D eigenvalue weighted by atomic mass is 19.4. The van der Waals surface area contributed by atoms with Gasteiger partial charge in [-0.15, -0.1) is 0 Å². The molecule has 5 aliphatic rings. The number of esters is 2. The monoisotopic (exact) mass is 654 g/mol. The summed E-state index contributed by atoms with van der Waals surface area (Å²) in [7, 11) is 1.31. The Bertz CT molecular complexity index is 1010. The number of rotatable bonds is 5. The molecule has 1 heterocycles. The van der Waals surface area contributed by atoms with Crippen LogP contribution < -0.4 is 0 Å². The lowest BCUT2D eigenvalue weighted by molar-refractivity contribution is -0.373. The first-order valence-corrected chi connectivity index (χ1v) is 14.6. The molecule has 0 aromatic carbocycles. The minimum atomic E-state index is -5.78. The average Bonchev–Trinajstić information content (AvgIpc) is 3.67. The summed E-state index contributed by atoms with van der Waals surface area (Å²) < 4.78 is 130. The van der Waals surface area contributed by atoms with Crippen molar-refractivity contribution < 1.29 is 68.4 Å². The highest BCUT2D eigenvalue weighted by molar-refractivity contribution is 5.80. The summed E-state index contributed by atoms with van der Waals surface area (Å²) in [6.45, 7) is 5.98. The second kappa shape index (κ2) is 13.0. The molecule has 1 aliphatic heterocycles. The number of aliphatic hydroxyl groups is 1. The van der Waals surface area contributed by atoms with E-state index in [4.69, 9.17) is 9.47 Å². The lowest BCUT2D eigenvalue weighted by atomic mass is 9.76. The first-order valence-electron chi connectivity index (χ1n) is 14.6. The van der Waals surface area contributed by atoms with E-state index in [2.05, 4.69) is 11.3 Å². The Morgan fingerprint density at radius 1 is 0.932 bits per heavy atom. The van der Waals surface area contributed by atoms with Gasteiger partial charge >= 0.3 is 30.5 Å². The predicted octanol–water partition coefficient (Wildman–Crippen LogP) is 7.09. The van der Waals surface area contributed by atoms with Gasteiger partial charge in [0.25, 0.3) is 5.60 Å². The van der Waals surface area contributed by atoms with Crippen LogP contribution in [0.4, 0.5) is 39.5 Å². The van der Waals surface area contributed by atoms with Crippen LogP contribution in [0, 0.1) is 35.5 Å². The highest BCUT2D eigenvalue weighted by Gasteiger charge is 2.71. The molecular formula is C29H39F9O6. The fourth-order valence-electron chi connectivity index (χ4n) is 7.71. The SMILES string of the molecule is C=CC(=O)OC.CC1(C(F)(F)F)CC2CC3CC(O1)C2C3.CCC(=O)OC1CC2CC1CC2CC(O)(C(F)(F)F)C(F)(F)F. The van der Waals surface area contributed by atoms with Gasteiger partial charge in [-0.05, 0) is 93.8 Å². The Hall–Kier alpha value is -2.03. The van der Waals surface area contributed by atoms with Gasteiger partial charge in [-0.3, -0.25) is 4.79 Å². The van der Waals surface area contributed by atoms with Gasteiger partial charge in [0, 0.05) is 12.5 Å². The van der Waals surface area contributed by atoms with Crippen molar-refractivity contribution in [1.82, 2.24) is 0 Å². The summed E-state index contributed by atoms with van der Waals surface area (Å²) in [5, 5.41) is 9.29. The van der Waals surface area contributed by atoms with Gasteiger partial charge in [-0.1, -0.05) is 13.5 Å². The maximum absolute atomic E-state index is 12.8. The molecule has 0 spiro atoms. The maximum Gasteiger partial charge on any atom is 0.426 e. The van der Waals surface area contributed by atoms with Gasteiger partial charge in [0.1, 0.15) is 6.10 Å². The Morgan fingerprint density at radius 3 is 1.93 bits per heavy atom. The number of fused-ring (bicyclic) bond motifs is 3. The Labute approximate surface area is 249 Å². The van der Waals surface area contributed by atoms with E-state index in [0.717, 1.165) is 25.3 Å². The van der Waals surface area contributed by atoms with Crippen molar-refractivity contribution in [3.63, 3.8) is 0 Å². The molecule has 15 heteroatoms. The van der Waals surface area contributed by atoms with Gasteiger partial charge in [0.15, 0.2) is 5.60 Å². The standard InChI is InChI=1S/C14H18F6O3.C11H15F3O.C4H6O2/c1-2-11(21)23-10-5-7-3-8(10)4-9(7)6-12(22,13(15,16)17)14(18,19)20;1-10(11(12,13)14)5-7-2-6-3-8(7)9(4-6)15-10;1-3-4(5)6-2/h7-10,22H,2-6H2,1H3;6-9H,2-5H2,1H3;3H,1H2,2H3. The van der Waals surface area contributed by atoms with E-state index < -0.39 is 66.0 Å². The highest BCUT2D eigenvalue weighted by Crippen LogP contribution is 2.59. The second-order valence-corrected chi connectivity index (χ2v) is 12.7. The number of halogens is 9. The Balaban J connectivity index is 0.000000214. The number of hydrogen-bond donors (Lipinski definition) is 1. The molecule has 0 amide bonds. The van der Waals surface area contributed by atoms with Crippen LogP contribution in [-0.4, -0.2) is 66.1 Å². The van der Waals surface area contributed by atoms with Gasteiger partial charge in [-0.25, -0.2) is 4.79 Å². The number of alkyl halides is 9. The van der Waals surface area contributed by atoms with Crippen LogP contribution in [0.15, 0.2) is 12.7 Å². The van der Waals surface area contributed by atoms with Crippen molar-refractivity contribution >= 4 is 11.9 Å². The molecule has 9 atom stereocenters. The zero-order chi connectivity index (χ0) is 33.5. The van der Waals surface area contributed by atoms with Crippen molar-refractivity contribution in [1.29, 1.82) is 0 Å². The molecule has 5 fully saturated rings. The summed E-state index contributed by atoms with van der Waals surface area (Å²) >= 11 is 0. The number of hydrogen-bond acceptors (Lipinski definition) is 6. The minimum absolute atomic E-state index is 0.0980. The van der Waals surface area contributed by atoms with E-state index in [9.17, 15) is 54.2 Å². The van der Waals surface area contributed by atoms with Gasteiger partial charge < -0.3 is 19.3 Å². The van der Waals surface area contributed by atoms with Crippen LogP contribution in [0.2, 0.25) is 0 Å². The predicted molar refractivity (Wildman–Crippen MR) is 137 cm³/mol. The third-order valence-electron chi connectivity index (χ3n) is 9.93. The second-order valence-electron chi connectivity index (χ2n) is 12.7. The Morgan fingerprint density at radius 2 is 1.55 bits per heavy atom. The van der Waals surface area contributed by atoms with Crippen LogP contribution in [0.3, 0.4) is 0 Å². The molecule has 4 bridgehead atoms. The topological polar surface area (TPSA) is 82.1 Å². The lowest BCUT2D eigenvalue weighted by Crippen LogP contribution is -2.58. The third kappa shape index (κ3) is 7.50. The molecule has 9 unspecified atom stereocenters. The molecule has 254 valence electrons. The van der Waals surface area contributed by atoms with Crippen molar-refractivity contribution in [3.8, 4) is 0 Å². The molecule has 5 rings (SSSR count). The third-order valence-corrected chi connectivity index (χ3v) is 9.93. The van der Waals surface area contributed by atoms with E-state index in [1.165, 1.54) is 14.0 Å². The van der Waals surface area contributed by atoms with Crippen molar-refractivity contribution in [2.75, 3.05) is 7.11 Å². The van der Waals surface area contributed by atoms with Crippen LogP contribution >= 0.6 is 0 Å². The molecule has 4 aliphatic carbocycles. The largest absolute Gasteiger partial charge is 0.466 e. The number of carbonyl (C=O) groups is 2. The van der Waals surface area contributed by atoms with E-state index >= 15 is 0 Å². The number of methoxy groups -OCH3 is 1. The summed E-state index contributed by atoms with van der Waals surface area (Å²) in [4.78, 5) is 21.1. The molecule has 0 aromatic rings. The van der Waals surface area contributed by atoms with Crippen molar-refractivity contribution in [2.24, 2.45) is 35.5 Å². The fourth-order valence-corrected chi connectivity index (χ4v) is 7.71. The molecule has 0 radical (unpaired) electrons. The normalized spacial score (nSPS) is 35.7. The molecule has 44 heavy (non-hydrogen) atoms. The average molecular weight is 655 g/mol.